The highest BCUT2D eigenvalue weighted by Crippen LogP contribution is 2.17. The van der Waals surface area contributed by atoms with Crippen LogP contribution in [-0.2, 0) is 9.53 Å². The van der Waals surface area contributed by atoms with Crippen molar-refractivity contribution >= 4 is 11.8 Å². The Kier molecular flexibility index (Phi) is 6.05. The zero-order valence-corrected chi connectivity index (χ0v) is 13.6. The first-order valence-corrected chi connectivity index (χ1v) is 7.62. The first-order chi connectivity index (χ1) is 11.4. The highest BCUT2D eigenvalue weighted by molar-refractivity contribution is 5.94. The molecule has 0 aliphatic carbocycles. The molecule has 0 spiro atoms. The van der Waals surface area contributed by atoms with Crippen LogP contribution in [0.2, 0.25) is 0 Å². The fourth-order valence-corrected chi connectivity index (χ4v) is 2.33. The molecule has 0 fully saturated rings. The number of benzene rings is 1. The Morgan fingerprint density at radius 2 is 1.92 bits per heavy atom. The van der Waals surface area contributed by atoms with Crippen molar-refractivity contribution in [1.29, 1.82) is 0 Å². The van der Waals surface area contributed by atoms with Gasteiger partial charge in [-0.15, -0.1) is 0 Å². The molecule has 0 bridgehead atoms. The minimum Gasteiger partial charge on any atom is -0.394 e. The summed E-state index contributed by atoms with van der Waals surface area (Å²) < 4.78 is 18.6. The summed E-state index contributed by atoms with van der Waals surface area (Å²) in [7, 11) is 3.31. The molecule has 24 heavy (non-hydrogen) atoms. The minimum absolute atomic E-state index is 0.0878. The summed E-state index contributed by atoms with van der Waals surface area (Å²) in [5.74, 6) is -0.904. The van der Waals surface area contributed by atoms with Crippen molar-refractivity contribution in [3.05, 3.63) is 47.8 Å². The maximum atomic E-state index is 12.9. The molecule has 0 radical (unpaired) electrons. The summed E-state index contributed by atoms with van der Waals surface area (Å²) in [5, 5.41) is 12.2. The normalized spacial score (nSPS) is 22.9. The quantitative estimate of drug-likeness (QED) is 0.777. The lowest BCUT2D eigenvalue weighted by Gasteiger charge is -2.32. The van der Waals surface area contributed by atoms with E-state index in [1.54, 1.807) is 26.2 Å². The highest BCUT2D eigenvalue weighted by Gasteiger charge is 2.29. The largest absolute Gasteiger partial charge is 0.394 e. The Balaban J connectivity index is 2.01. The van der Waals surface area contributed by atoms with Gasteiger partial charge in [-0.2, -0.15) is 0 Å². The number of halogens is 1. The molecule has 130 valence electrons. The number of nitrogens with one attached hydrogen (secondary N) is 1. The van der Waals surface area contributed by atoms with Crippen LogP contribution in [0.5, 0.6) is 0 Å². The number of ether oxygens (including phenoxy) is 1. The molecule has 6 nitrogen and oxygen atoms in total. The fraction of sp³-hybridized carbons (Fsp3) is 0.412. The molecular formula is C17H21FN2O4. The van der Waals surface area contributed by atoms with Crippen molar-refractivity contribution in [3.63, 3.8) is 0 Å². The van der Waals surface area contributed by atoms with Gasteiger partial charge in [-0.3, -0.25) is 9.59 Å². The van der Waals surface area contributed by atoms with Gasteiger partial charge in [0.1, 0.15) is 11.9 Å². The Bertz CT molecular complexity index is 616. The van der Waals surface area contributed by atoms with Crippen LogP contribution in [0.1, 0.15) is 16.8 Å². The lowest BCUT2D eigenvalue weighted by molar-refractivity contribution is -0.132. The van der Waals surface area contributed by atoms with E-state index in [9.17, 15) is 19.1 Å². The lowest BCUT2D eigenvalue weighted by atomic mass is 10.0. The van der Waals surface area contributed by atoms with Gasteiger partial charge in [-0.05, 0) is 24.3 Å². The molecule has 1 aliphatic rings. The van der Waals surface area contributed by atoms with Gasteiger partial charge in [-0.25, -0.2) is 4.39 Å². The van der Waals surface area contributed by atoms with Gasteiger partial charge in [0.2, 0.25) is 5.91 Å². The Hall–Kier alpha value is -2.25. The van der Waals surface area contributed by atoms with E-state index in [-0.39, 0.29) is 18.9 Å². The van der Waals surface area contributed by atoms with Crippen LogP contribution < -0.4 is 5.32 Å². The minimum atomic E-state index is -0.653. The third-order valence-corrected chi connectivity index (χ3v) is 3.74. The molecule has 0 saturated heterocycles. The smallest absolute Gasteiger partial charge is 0.251 e. The molecule has 0 aromatic heterocycles. The number of rotatable bonds is 5. The molecule has 2 N–H and O–H groups in total. The van der Waals surface area contributed by atoms with Gasteiger partial charge >= 0.3 is 0 Å². The molecular weight excluding hydrogens is 315 g/mol. The van der Waals surface area contributed by atoms with Crippen LogP contribution in [0.3, 0.4) is 0 Å². The molecule has 0 unspecified atom stereocenters. The topological polar surface area (TPSA) is 78.9 Å². The molecule has 1 aromatic carbocycles. The van der Waals surface area contributed by atoms with Crippen molar-refractivity contribution in [2.45, 2.75) is 24.7 Å². The summed E-state index contributed by atoms with van der Waals surface area (Å²) in [6.45, 7) is -0.300. The average molecular weight is 336 g/mol. The van der Waals surface area contributed by atoms with Crippen LogP contribution in [0.15, 0.2) is 36.4 Å². The van der Waals surface area contributed by atoms with E-state index >= 15 is 0 Å². The maximum Gasteiger partial charge on any atom is 0.251 e. The number of hydrogen-bond donors (Lipinski definition) is 2. The third-order valence-electron chi connectivity index (χ3n) is 3.74. The maximum absolute atomic E-state index is 12.9. The molecule has 1 aliphatic heterocycles. The average Bonchev–Trinajstić information content (AvgIpc) is 2.56. The van der Waals surface area contributed by atoms with Crippen molar-refractivity contribution in [2.75, 3.05) is 20.7 Å². The Morgan fingerprint density at radius 1 is 1.25 bits per heavy atom. The summed E-state index contributed by atoms with van der Waals surface area (Å²) in [6, 6.07) is 4.64. The van der Waals surface area contributed by atoms with Crippen molar-refractivity contribution < 1.29 is 23.8 Å². The summed E-state index contributed by atoms with van der Waals surface area (Å²) in [6.07, 6.45) is 2.47. The molecule has 1 aromatic rings. The number of amides is 2. The monoisotopic (exact) mass is 336 g/mol. The van der Waals surface area contributed by atoms with E-state index < -0.39 is 30.0 Å². The van der Waals surface area contributed by atoms with E-state index in [1.807, 2.05) is 0 Å². The molecule has 0 saturated carbocycles. The standard InChI is InChI=1S/C17H21FN2O4/c1-20(2)16(22)9-13-7-8-14(15(10-21)24-13)19-17(23)11-3-5-12(18)6-4-11/h3-8,13-15,21H,9-10H2,1-2H3,(H,19,23)/t13-,14+,15-/m1/s1. The number of aliphatic hydroxyl groups excluding tert-OH is 1. The second-order valence-corrected chi connectivity index (χ2v) is 5.78. The van der Waals surface area contributed by atoms with E-state index in [4.69, 9.17) is 4.74 Å². The van der Waals surface area contributed by atoms with Crippen LogP contribution >= 0.6 is 0 Å². The SMILES string of the molecule is CN(C)C(=O)C[C@H]1C=C[C@H](NC(=O)c2ccc(F)cc2)[C@@H](CO)O1. The van der Waals surface area contributed by atoms with Gasteiger partial charge in [0.25, 0.3) is 5.91 Å². The van der Waals surface area contributed by atoms with Gasteiger partial charge in [-0.1, -0.05) is 12.2 Å². The lowest BCUT2D eigenvalue weighted by Crippen LogP contribution is -2.49. The number of carbonyl (C=O) groups is 2. The third kappa shape index (κ3) is 4.62. The predicted octanol–water partition coefficient (Wildman–Crippen LogP) is 0.718. The zero-order valence-electron chi connectivity index (χ0n) is 13.6. The zero-order chi connectivity index (χ0) is 17.7. The van der Waals surface area contributed by atoms with E-state index in [0.717, 1.165) is 0 Å². The van der Waals surface area contributed by atoms with E-state index in [1.165, 1.54) is 29.2 Å². The van der Waals surface area contributed by atoms with Crippen molar-refractivity contribution in [1.82, 2.24) is 10.2 Å². The number of hydrogen-bond acceptors (Lipinski definition) is 4. The fourth-order valence-electron chi connectivity index (χ4n) is 2.33. The molecule has 2 amide bonds. The number of carbonyl (C=O) groups excluding carboxylic acids is 2. The summed E-state index contributed by atoms with van der Waals surface area (Å²) >= 11 is 0. The van der Waals surface area contributed by atoms with E-state index in [0.29, 0.717) is 5.56 Å². The Labute approximate surface area is 139 Å². The second-order valence-electron chi connectivity index (χ2n) is 5.78. The summed E-state index contributed by atoms with van der Waals surface area (Å²) in [4.78, 5) is 25.4. The number of aliphatic hydroxyl groups is 1. The highest BCUT2D eigenvalue weighted by atomic mass is 19.1. The van der Waals surface area contributed by atoms with Gasteiger partial charge in [0, 0.05) is 19.7 Å². The first kappa shape index (κ1) is 18.1. The van der Waals surface area contributed by atoms with Gasteiger partial charge in [0.05, 0.1) is 25.2 Å². The molecule has 7 heteroatoms. The van der Waals surface area contributed by atoms with Crippen LogP contribution in [0, 0.1) is 5.82 Å². The van der Waals surface area contributed by atoms with Crippen LogP contribution in [-0.4, -0.2) is 60.8 Å². The molecule has 1 heterocycles. The van der Waals surface area contributed by atoms with Crippen LogP contribution in [0.4, 0.5) is 4.39 Å². The molecule has 3 atom stereocenters. The summed E-state index contributed by atoms with van der Waals surface area (Å²) in [5.41, 5.74) is 0.311. The van der Waals surface area contributed by atoms with Gasteiger partial charge in [0.15, 0.2) is 0 Å². The first-order valence-electron chi connectivity index (χ1n) is 7.62. The second kappa shape index (κ2) is 8.03. The van der Waals surface area contributed by atoms with Crippen LogP contribution in [0.25, 0.3) is 0 Å². The van der Waals surface area contributed by atoms with E-state index in [2.05, 4.69) is 5.32 Å². The molecule has 2 rings (SSSR count). The van der Waals surface area contributed by atoms with Gasteiger partial charge < -0.3 is 20.1 Å². The van der Waals surface area contributed by atoms with Crippen molar-refractivity contribution in [2.24, 2.45) is 0 Å². The predicted molar refractivity (Wildman–Crippen MR) is 85.9 cm³/mol. The Morgan fingerprint density at radius 3 is 2.50 bits per heavy atom. The number of nitrogens with zero attached hydrogens (tertiary/aromatic N) is 1. The van der Waals surface area contributed by atoms with Crippen molar-refractivity contribution in [3.8, 4) is 0 Å².